The fourth-order valence-corrected chi connectivity index (χ4v) is 2.10. The number of aromatic nitrogens is 1. The van der Waals surface area contributed by atoms with Gasteiger partial charge in [-0.1, -0.05) is 0 Å². The van der Waals surface area contributed by atoms with Crippen LogP contribution < -0.4 is 15.4 Å². The number of rotatable bonds is 4. The summed E-state index contributed by atoms with van der Waals surface area (Å²) in [5, 5.41) is 6.14. The fourth-order valence-electron chi connectivity index (χ4n) is 2.10. The highest BCUT2D eigenvalue weighted by Gasteiger charge is 2.20. The first kappa shape index (κ1) is 14.6. The molecule has 3 rings (SSSR count). The van der Waals surface area contributed by atoms with Gasteiger partial charge in [-0.05, 0) is 12.1 Å². The van der Waals surface area contributed by atoms with E-state index in [2.05, 4.69) is 20.4 Å². The van der Waals surface area contributed by atoms with Crippen LogP contribution in [0.15, 0.2) is 24.4 Å². The molecule has 2 N–H and O–H groups in total. The van der Waals surface area contributed by atoms with E-state index >= 15 is 0 Å². The fraction of sp³-hybridized carbons (Fsp3) is 0.286. The summed E-state index contributed by atoms with van der Waals surface area (Å²) in [6.07, 6.45) is 1.31. The quantitative estimate of drug-likeness (QED) is 0.905. The van der Waals surface area contributed by atoms with Crippen LogP contribution in [-0.4, -0.2) is 36.6 Å². The third kappa shape index (κ3) is 2.96. The number of carbonyl (C=O) groups excluding carboxylic acids is 1. The molecule has 0 aliphatic carbocycles. The summed E-state index contributed by atoms with van der Waals surface area (Å²) in [5.41, 5.74) is 0.542. The summed E-state index contributed by atoms with van der Waals surface area (Å²) in [4.78, 5) is 16.0. The minimum atomic E-state index is -3.12. The van der Waals surface area contributed by atoms with E-state index in [1.165, 1.54) is 12.3 Å². The number of ether oxygens (including phenoxy) is 1. The Morgan fingerprint density at radius 2 is 2.18 bits per heavy atom. The molecule has 1 aromatic carbocycles. The Kier molecular flexibility index (Phi) is 3.84. The molecule has 1 fully saturated rings. The van der Waals surface area contributed by atoms with E-state index in [0.29, 0.717) is 18.5 Å². The number of nitrogens with one attached hydrogen (secondary N) is 2. The molecule has 0 radical (unpaired) electrons. The molecule has 5 nitrogen and oxygen atoms in total. The van der Waals surface area contributed by atoms with E-state index in [9.17, 15) is 18.0 Å². The molecule has 8 heteroatoms. The molecule has 1 aliphatic rings. The van der Waals surface area contributed by atoms with Gasteiger partial charge in [0.1, 0.15) is 0 Å². The largest absolute Gasteiger partial charge is 0.432 e. The average molecular weight is 313 g/mol. The minimum Gasteiger partial charge on any atom is -0.432 e. The second-order valence-corrected chi connectivity index (χ2v) is 4.91. The SMILES string of the molecule is O=C(NC1CNC1)c1cnc2cc(OC(F)F)c(F)cc2c1.[HH]. The van der Waals surface area contributed by atoms with Crippen LogP contribution in [0.4, 0.5) is 13.2 Å². The number of hydrogen-bond donors (Lipinski definition) is 2. The number of nitrogens with zero attached hydrogens (tertiary/aromatic N) is 1. The number of benzene rings is 1. The zero-order valence-electron chi connectivity index (χ0n) is 11.3. The number of alkyl halides is 2. The van der Waals surface area contributed by atoms with Crippen molar-refractivity contribution >= 4 is 16.8 Å². The Morgan fingerprint density at radius 1 is 1.41 bits per heavy atom. The monoisotopic (exact) mass is 313 g/mol. The van der Waals surface area contributed by atoms with E-state index < -0.39 is 18.2 Å². The maximum Gasteiger partial charge on any atom is 0.387 e. The Morgan fingerprint density at radius 3 is 2.82 bits per heavy atom. The molecule has 1 saturated heterocycles. The number of halogens is 3. The standard InChI is InChI=1S/C14H12F3N3O2.H2/c15-10-2-7-1-8(13(21)20-9-5-18-6-9)4-19-11(7)3-12(10)22-14(16)17;/h1-4,9,14,18H,5-6H2,(H,20,21);1H. The number of fused-ring (bicyclic) bond motifs is 1. The van der Waals surface area contributed by atoms with Gasteiger partial charge in [0.05, 0.1) is 17.1 Å². The Bertz CT molecular complexity index is 726. The highest BCUT2D eigenvalue weighted by atomic mass is 19.3. The molecule has 2 heterocycles. The van der Waals surface area contributed by atoms with Crippen molar-refractivity contribution in [1.82, 2.24) is 15.6 Å². The molecule has 1 amide bonds. The lowest BCUT2D eigenvalue weighted by Gasteiger charge is -2.27. The first-order valence-electron chi connectivity index (χ1n) is 6.58. The lowest BCUT2D eigenvalue weighted by atomic mass is 10.1. The predicted molar refractivity (Wildman–Crippen MR) is 74.6 cm³/mol. The van der Waals surface area contributed by atoms with Crippen molar-refractivity contribution in [1.29, 1.82) is 0 Å². The summed E-state index contributed by atoms with van der Waals surface area (Å²) in [5.74, 6) is -1.82. The van der Waals surface area contributed by atoms with Gasteiger partial charge in [-0.3, -0.25) is 9.78 Å². The molecule has 0 saturated carbocycles. The molecule has 118 valence electrons. The van der Waals surface area contributed by atoms with Gasteiger partial charge in [0.2, 0.25) is 0 Å². The summed E-state index contributed by atoms with van der Waals surface area (Å²) in [6.45, 7) is -1.71. The van der Waals surface area contributed by atoms with E-state index in [4.69, 9.17) is 0 Å². The summed E-state index contributed by atoms with van der Waals surface area (Å²) < 4.78 is 42.1. The Balaban J connectivity index is 0.00000192. The van der Waals surface area contributed by atoms with Gasteiger partial charge >= 0.3 is 6.61 Å². The normalized spacial score (nSPS) is 14.9. The Labute approximate surface area is 125 Å². The van der Waals surface area contributed by atoms with Gasteiger partial charge in [0.25, 0.3) is 5.91 Å². The molecule has 0 unspecified atom stereocenters. The van der Waals surface area contributed by atoms with Crippen molar-refractivity contribution in [2.45, 2.75) is 12.7 Å². The first-order chi connectivity index (χ1) is 10.5. The molecule has 0 spiro atoms. The van der Waals surface area contributed by atoms with Crippen molar-refractivity contribution in [3.05, 3.63) is 35.8 Å². The second-order valence-electron chi connectivity index (χ2n) is 4.91. The van der Waals surface area contributed by atoms with Crippen LogP contribution in [0.25, 0.3) is 10.9 Å². The van der Waals surface area contributed by atoms with Gasteiger partial charge in [-0.15, -0.1) is 0 Å². The maximum absolute atomic E-state index is 13.7. The van der Waals surface area contributed by atoms with Gasteiger partial charge in [-0.2, -0.15) is 8.78 Å². The number of hydrogen-bond acceptors (Lipinski definition) is 4. The van der Waals surface area contributed by atoms with Gasteiger partial charge in [0.15, 0.2) is 11.6 Å². The first-order valence-corrected chi connectivity index (χ1v) is 6.58. The van der Waals surface area contributed by atoms with E-state index in [1.54, 1.807) is 0 Å². The molecule has 1 aliphatic heterocycles. The number of carbonyl (C=O) groups is 1. The van der Waals surface area contributed by atoms with Crippen molar-refractivity contribution in [2.24, 2.45) is 0 Å². The van der Waals surface area contributed by atoms with Crippen molar-refractivity contribution in [2.75, 3.05) is 13.1 Å². The zero-order valence-corrected chi connectivity index (χ0v) is 11.3. The molecular formula is C14H14F3N3O2. The van der Waals surface area contributed by atoms with Crippen LogP contribution in [0, 0.1) is 5.82 Å². The maximum atomic E-state index is 13.7. The van der Waals surface area contributed by atoms with E-state index in [0.717, 1.165) is 12.1 Å². The van der Waals surface area contributed by atoms with Crippen molar-refractivity contribution in [3.8, 4) is 5.75 Å². The van der Waals surface area contributed by atoms with Crippen molar-refractivity contribution in [3.63, 3.8) is 0 Å². The molecule has 2 aromatic rings. The smallest absolute Gasteiger partial charge is 0.387 e. The van der Waals surface area contributed by atoms with Crippen LogP contribution in [0.5, 0.6) is 5.75 Å². The van der Waals surface area contributed by atoms with E-state index in [-0.39, 0.29) is 24.5 Å². The van der Waals surface area contributed by atoms with Gasteiger partial charge in [0, 0.05) is 32.2 Å². The zero-order chi connectivity index (χ0) is 15.7. The second kappa shape index (κ2) is 5.80. The summed E-state index contributed by atoms with van der Waals surface area (Å²) >= 11 is 0. The van der Waals surface area contributed by atoms with Crippen LogP contribution in [0.1, 0.15) is 11.8 Å². The summed E-state index contributed by atoms with van der Waals surface area (Å²) in [6, 6.07) is 3.62. The minimum absolute atomic E-state index is 0. The van der Waals surface area contributed by atoms with Gasteiger partial charge in [-0.25, -0.2) is 4.39 Å². The molecule has 22 heavy (non-hydrogen) atoms. The average Bonchev–Trinajstić information content (AvgIpc) is 2.42. The van der Waals surface area contributed by atoms with Crippen molar-refractivity contribution < 1.29 is 24.1 Å². The molecular weight excluding hydrogens is 299 g/mol. The van der Waals surface area contributed by atoms with Crippen LogP contribution >= 0.6 is 0 Å². The molecule has 0 bridgehead atoms. The lowest BCUT2D eigenvalue weighted by Crippen LogP contribution is -2.56. The third-order valence-electron chi connectivity index (χ3n) is 3.33. The molecule has 1 aromatic heterocycles. The van der Waals surface area contributed by atoms with E-state index in [1.807, 2.05) is 0 Å². The van der Waals surface area contributed by atoms with Crippen LogP contribution in [0.2, 0.25) is 0 Å². The van der Waals surface area contributed by atoms with Crippen LogP contribution in [-0.2, 0) is 0 Å². The highest BCUT2D eigenvalue weighted by Crippen LogP contribution is 2.25. The third-order valence-corrected chi connectivity index (χ3v) is 3.33. The van der Waals surface area contributed by atoms with Gasteiger partial charge < -0.3 is 15.4 Å². The lowest BCUT2D eigenvalue weighted by molar-refractivity contribution is -0.0520. The molecule has 0 atom stereocenters. The summed E-state index contributed by atoms with van der Waals surface area (Å²) in [7, 11) is 0. The highest BCUT2D eigenvalue weighted by molar-refractivity contribution is 5.97. The predicted octanol–water partition coefficient (Wildman–Crippen LogP) is 1.92. The van der Waals surface area contributed by atoms with Crippen LogP contribution in [0.3, 0.4) is 0 Å². The number of amides is 1. The number of pyridine rings is 1. The topological polar surface area (TPSA) is 63.2 Å². The Hall–Kier alpha value is -2.35.